The van der Waals surface area contributed by atoms with Gasteiger partial charge in [-0.25, -0.2) is 9.79 Å². The minimum absolute atomic E-state index is 0.217. The molecule has 0 bridgehead atoms. The zero-order chi connectivity index (χ0) is 23.5. The van der Waals surface area contributed by atoms with E-state index in [1.54, 1.807) is 44.8 Å². The first-order valence-electron chi connectivity index (χ1n) is 10.4. The van der Waals surface area contributed by atoms with Crippen LogP contribution in [0.25, 0.3) is 6.08 Å². The van der Waals surface area contributed by atoms with Gasteiger partial charge in [0.05, 0.1) is 36.6 Å². The molecule has 33 heavy (non-hydrogen) atoms. The molecule has 1 aromatic heterocycles. The third-order valence-corrected chi connectivity index (χ3v) is 6.33. The molecule has 3 aromatic rings. The SMILES string of the molecule is CCOC(=O)C1=C(C)N=c2s/c(=C\c3cccc(OC)c3)c(=O)n2[C@@H]1c1ccccc1OC. The van der Waals surface area contributed by atoms with Crippen molar-refractivity contribution >= 4 is 23.4 Å². The summed E-state index contributed by atoms with van der Waals surface area (Å²) in [5, 5.41) is 0. The van der Waals surface area contributed by atoms with Gasteiger partial charge in [-0.2, -0.15) is 0 Å². The number of fused-ring (bicyclic) bond motifs is 1. The van der Waals surface area contributed by atoms with Crippen LogP contribution in [0.5, 0.6) is 11.5 Å². The van der Waals surface area contributed by atoms with Gasteiger partial charge in [0, 0.05) is 5.56 Å². The van der Waals surface area contributed by atoms with Gasteiger partial charge in [0.15, 0.2) is 4.80 Å². The maximum absolute atomic E-state index is 13.6. The molecule has 8 heteroatoms. The van der Waals surface area contributed by atoms with E-state index in [1.165, 1.54) is 11.3 Å². The zero-order valence-corrected chi connectivity index (χ0v) is 19.6. The lowest BCUT2D eigenvalue weighted by Crippen LogP contribution is -2.40. The van der Waals surface area contributed by atoms with Crippen molar-refractivity contribution in [3.05, 3.63) is 90.6 Å². The number of methoxy groups -OCH3 is 2. The fraction of sp³-hybridized carbons (Fsp3) is 0.240. The van der Waals surface area contributed by atoms with E-state index in [0.29, 0.717) is 37.7 Å². The van der Waals surface area contributed by atoms with Gasteiger partial charge >= 0.3 is 5.97 Å². The summed E-state index contributed by atoms with van der Waals surface area (Å²) in [5.74, 6) is 0.766. The Bertz CT molecular complexity index is 1420. The third kappa shape index (κ3) is 4.21. The lowest BCUT2D eigenvalue weighted by molar-refractivity contribution is -0.139. The average Bonchev–Trinajstić information content (AvgIpc) is 3.12. The van der Waals surface area contributed by atoms with E-state index in [0.717, 1.165) is 5.56 Å². The second-order valence-electron chi connectivity index (χ2n) is 7.32. The van der Waals surface area contributed by atoms with Crippen molar-refractivity contribution in [2.24, 2.45) is 4.99 Å². The van der Waals surface area contributed by atoms with E-state index in [9.17, 15) is 9.59 Å². The lowest BCUT2D eigenvalue weighted by atomic mass is 9.95. The Morgan fingerprint density at radius 1 is 1.15 bits per heavy atom. The summed E-state index contributed by atoms with van der Waals surface area (Å²) in [6.07, 6.45) is 1.80. The maximum Gasteiger partial charge on any atom is 0.338 e. The Kier molecular flexibility index (Phi) is 6.46. The van der Waals surface area contributed by atoms with Gasteiger partial charge in [0.1, 0.15) is 17.5 Å². The monoisotopic (exact) mass is 464 g/mol. The summed E-state index contributed by atoms with van der Waals surface area (Å²) in [6.45, 7) is 3.72. The molecular weight excluding hydrogens is 440 g/mol. The quantitative estimate of drug-likeness (QED) is 0.524. The molecule has 1 atom stereocenters. The van der Waals surface area contributed by atoms with Gasteiger partial charge in [0.2, 0.25) is 0 Å². The molecule has 170 valence electrons. The van der Waals surface area contributed by atoms with Crippen molar-refractivity contribution in [3.63, 3.8) is 0 Å². The molecule has 0 fully saturated rings. The Hall–Kier alpha value is -3.65. The molecule has 0 saturated heterocycles. The number of para-hydroxylation sites is 1. The Balaban J connectivity index is 1.98. The molecule has 0 unspecified atom stereocenters. The summed E-state index contributed by atoms with van der Waals surface area (Å²) in [4.78, 5) is 31.7. The van der Waals surface area contributed by atoms with Crippen LogP contribution in [0.4, 0.5) is 0 Å². The highest BCUT2D eigenvalue weighted by molar-refractivity contribution is 7.07. The van der Waals surface area contributed by atoms with E-state index >= 15 is 0 Å². The molecule has 2 aromatic carbocycles. The number of esters is 1. The number of hydrogen-bond acceptors (Lipinski definition) is 7. The van der Waals surface area contributed by atoms with Crippen LogP contribution in [0, 0.1) is 0 Å². The van der Waals surface area contributed by atoms with Crippen LogP contribution in [0.1, 0.15) is 31.0 Å². The van der Waals surface area contributed by atoms with E-state index in [-0.39, 0.29) is 12.2 Å². The molecule has 2 heterocycles. The summed E-state index contributed by atoms with van der Waals surface area (Å²) >= 11 is 1.27. The molecule has 0 radical (unpaired) electrons. The fourth-order valence-electron chi connectivity index (χ4n) is 3.86. The average molecular weight is 465 g/mol. The standard InChI is InChI=1S/C25H24N2O5S/c1-5-32-24(29)21-15(2)26-25-27(22(21)18-11-6-7-12-19(18)31-4)23(28)20(33-25)14-16-9-8-10-17(13-16)30-3/h6-14,22H,5H2,1-4H3/b20-14-/t22-/m1/s1. The van der Waals surface area contributed by atoms with E-state index in [4.69, 9.17) is 14.2 Å². The van der Waals surface area contributed by atoms with E-state index in [2.05, 4.69) is 4.99 Å². The first kappa shape index (κ1) is 22.5. The molecule has 0 saturated carbocycles. The van der Waals surface area contributed by atoms with Crippen LogP contribution in [0.3, 0.4) is 0 Å². The Morgan fingerprint density at radius 2 is 1.94 bits per heavy atom. The van der Waals surface area contributed by atoms with Gasteiger partial charge in [0.25, 0.3) is 5.56 Å². The Labute approximate surface area is 194 Å². The van der Waals surface area contributed by atoms with Crippen LogP contribution >= 0.6 is 11.3 Å². The molecule has 0 N–H and O–H groups in total. The van der Waals surface area contributed by atoms with Crippen molar-refractivity contribution in [1.82, 2.24) is 4.57 Å². The number of carbonyl (C=O) groups excluding carboxylic acids is 1. The predicted molar refractivity (Wildman–Crippen MR) is 126 cm³/mol. The van der Waals surface area contributed by atoms with Gasteiger partial charge < -0.3 is 14.2 Å². The highest BCUT2D eigenvalue weighted by atomic mass is 32.1. The number of nitrogens with zero attached hydrogens (tertiary/aromatic N) is 2. The van der Waals surface area contributed by atoms with Crippen LogP contribution in [-0.4, -0.2) is 31.4 Å². The third-order valence-electron chi connectivity index (χ3n) is 5.34. The highest BCUT2D eigenvalue weighted by Gasteiger charge is 2.34. The van der Waals surface area contributed by atoms with Gasteiger partial charge in [-0.1, -0.05) is 41.7 Å². The van der Waals surface area contributed by atoms with E-state index < -0.39 is 12.0 Å². The number of benzene rings is 2. The molecule has 7 nitrogen and oxygen atoms in total. The second kappa shape index (κ2) is 9.46. The second-order valence-corrected chi connectivity index (χ2v) is 8.33. The van der Waals surface area contributed by atoms with Crippen molar-refractivity contribution in [1.29, 1.82) is 0 Å². The van der Waals surface area contributed by atoms with Crippen LogP contribution < -0.4 is 24.4 Å². The molecule has 1 aliphatic heterocycles. The maximum atomic E-state index is 13.6. The minimum atomic E-state index is -0.719. The topological polar surface area (TPSA) is 79.1 Å². The normalized spacial score (nSPS) is 15.6. The van der Waals surface area contributed by atoms with Crippen molar-refractivity contribution in [2.45, 2.75) is 19.9 Å². The molecular formula is C25H24N2O5S. The van der Waals surface area contributed by atoms with Gasteiger partial charge in [-0.15, -0.1) is 0 Å². The van der Waals surface area contributed by atoms with Crippen molar-refractivity contribution in [2.75, 3.05) is 20.8 Å². The predicted octanol–water partition coefficient (Wildman–Crippen LogP) is 2.82. The summed E-state index contributed by atoms with van der Waals surface area (Å²) in [6, 6.07) is 14.1. The molecule has 0 spiro atoms. The minimum Gasteiger partial charge on any atom is -0.497 e. The van der Waals surface area contributed by atoms with Crippen molar-refractivity contribution < 1.29 is 19.0 Å². The Morgan fingerprint density at radius 3 is 2.67 bits per heavy atom. The molecule has 0 amide bonds. The number of hydrogen-bond donors (Lipinski definition) is 0. The number of carbonyl (C=O) groups is 1. The van der Waals surface area contributed by atoms with E-state index in [1.807, 2.05) is 42.5 Å². The largest absolute Gasteiger partial charge is 0.497 e. The number of ether oxygens (including phenoxy) is 3. The summed E-state index contributed by atoms with van der Waals surface area (Å²) < 4.78 is 18.2. The number of aromatic nitrogens is 1. The lowest BCUT2D eigenvalue weighted by Gasteiger charge is -2.25. The van der Waals surface area contributed by atoms with Crippen LogP contribution in [0.15, 0.2) is 69.6 Å². The smallest absolute Gasteiger partial charge is 0.338 e. The summed E-state index contributed by atoms with van der Waals surface area (Å²) in [5.41, 5.74) is 2.10. The molecule has 4 rings (SSSR count). The first-order chi connectivity index (χ1) is 16.0. The summed E-state index contributed by atoms with van der Waals surface area (Å²) in [7, 11) is 3.16. The number of thiazole rings is 1. The van der Waals surface area contributed by atoms with Crippen LogP contribution in [-0.2, 0) is 9.53 Å². The number of rotatable bonds is 6. The first-order valence-corrected chi connectivity index (χ1v) is 11.3. The molecule has 1 aliphatic rings. The van der Waals surface area contributed by atoms with Crippen LogP contribution in [0.2, 0.25) is 0 Å². The number of allylic oxidation sites excluding steroid dienone is 1. The highest BCUT2D eigenvalue weighted by Crippen LogP contribution is 2.35. The zero-order valence-electron chi connectivity index (χ0n) is 18.8. The van der Waals surface area contributed by atoms with Gasteiger partial charge in [-0.05, 0) is 43.7 Å². The van der Waals surface area contributed by atoms with Gasteiger partial charge in [-0.3, -0.25) is 9.36 Å². The fourth-order valence-corrected chi connectivity index (χ4v) is 4.91. The molecule has 0 aliphatic carbocycles. The van der Waals surface area contributed by atoms with Crippen molar-refractivity contribution in [3.8, 4) is 11.5 Å².